The number of rotatable bonds is 3. The normalized spacial score (nSPS) is 16.6. The van der Waals surface area contributed by atoms with Crippen LogP contribution >= 0.6 is 11.3 Å². The summed E-state index contributed by atoms with van der Waals surface area (Å²) in [6, 6.07) is 0.297. The van der Waals surface area contributed by atoms with Crippen LogP contribution in [0.5, 0.6) is 0 Å². The average molecular weight is 267 g/mol. The lowest BCUT2D eigenvalue weighted by Crippen LogP contribution is -2.42. The molecule has 1 heterocycles. The van der Waals surface area contributed by atoms with Crippen LogP contribution in [0.2, 0.25) is 0 Å². The van der Waals surface area contributed by atoms with Crippen LogP contribution in [-0.2, 0) is 6.54 Å². The number of carbonyl (C=O) groups excluding carboxylic acids is 1. The van der Waals surface area contributed by atoms with Crippen LogP contribution in [-0.4, -0.2) is 17.1 Å². The number of hydrogen-bond donors (Lipinski definition) is 2. The maximum absolute atomic E-state index is 11.7. The molecule has 2 amide bonds. The Bertz CT molecular complexity index is 391. The minimum absolute atomic E-state index is 0.0626. The third kappa shape index (κ3) is 3.70. The first-order valence-electron chi connectivity index (χ1n) is 6.62. The Balaban J connectivity index is 1.74. The summed E-state index contributed by atoms with van der Waals surface area (Å²) in [6.07, 6.45) is 5.99. The van der Waals surface area contributed by atoms with Gasteiger partial charge in [-0.3, -0.25) is 0 Å². The Morgan fingerprint density at radius 1 is 1.33 bits per heavy atom. The molecule has 1 aromatic rings. The standard InChI is InChI=1S/C13H21N3OS/c1-9-10(2)18-12(15-9)8-14-13(17)16-11-6-4-3-5-7-11/h11H,3-8H2,1-2H3,(H2,14,16,17). The summed E-state index contributed by atoms with van der Waals surface area (Å²) < 4.78 is 0. The van der Waals surface area contributed by atoms with Crippen LogP contribution < -0.4 is 10.6 Å². The van der Waals surface area contributed by atoms with E-state index in [1.54, 1.807) is 11.3 Å². The summed E-state index contributed by atoms with van der Waals surface area (Å²) in [7, 11) is 0. The molecule has 1 fully saturated rings. The van der Waals surface area contributed by atoms with Gasteiger partial charge in [-0.25, -0.2) is 9.78 Å². The van der Waals surface area contributed by atoms with Crippen molar-refractivity contribution in [1.82, 2.24) is 15.6 Å². The molecule has 1 aliphatic carbocycles. The molecule has 0 aromatic carbocycles. The second-order valence-electron chi connectivity index (χ2n) is 4.91. The molecule has 4 nitrogen and oxygen atoms in total. The second-order valence-corrected chi connectivity index (χ2v) is 6.20. The lowest BCUT2D eigenvalue weighted by atomic mass is 9.96. The van der Waals surface area contributed by atoms with Gasteiger partial charge in [-0.2, -0.15) is 0 Å². The first-order chi connectivity index (χ1) is 8.65. The van der Waals surface area contributed by atoms with Gasteiger partial charge in [0, 0.05) is 10.9 Å². The van der Waals surface area contributed by atoms with Crippen LogP contribution in [0.1, 0.15) is 47.7 Å². The fourth-order valence-electron chi connectivity index (χ4n) is 2.25. The van der Waals surface area contributed by atoms with E-state index in [1.165, 1.54) is 24.1 Å². The second kappa shape index (κ2) is 6.18. The number of aryl methyl sites for hydroxylation is 2. The van der Waals surface area contributed by atoms with Crippen molar-refractivity contribution in [3.63, 3.8) is 0 Å². The van der Waals surface area contributed by atoms with Gasteiger partial charge >= 0.3 is 6.03 Å². The quantitative estimate of drug-likeness (QED) is 0.884. The van der Waals surface area contributed by atoms with Crippen molar-refractivity contribution in [2.75, 3.05) is 0 Å². The van der Waals surface area contributed by atoms with E-state index in [0.717, 1.165) is 23.5 Å². The molecule has 1 aromatic heterocycles. The van der Waals surface area contributed by atoms with Crippen LogP contribution in [0.15, 0.2) is 0 Å². The number of urea groups is 1. The molecule has 0 spiro atoms. The van der Waals surface area contributed by atoms with Crippen LogP contribution in [0, 0.1) is 13.8 Å². The molecule has 5 heteroatoms. The molecule has 1 aliphatic rings. The highest BCUT2D eigenvalue weighted by Gasteiger charge is 2.15. The van der Waals surface area contributed by atoms with Crippen LogP contribution in [0.3, 0.4) is 0 Å². The van der Waals surface area contributed by atoms with Crippen molar-refractivity contribution in [3.05, 3.63) is 15.6 Å². The van der Waals surface area contributed by atoms with Gasteiger partial charge in [0.2, 0.25) is 0 Å². The summed E-state index contributed by atoms with van der Waals surface area (Å²) in [5, 5.41) is 6.90. The Hall–Kier alpha value is -1.10. The summed E-state index contributed by atoms with van der Waals surface area (Å²) in [6.45, 7) is 4.58. The molecular formula is C13H21N3OS. The van der Waals surface area contributed by atoms with E-state index in [1.807, 2.05) is 6.92 Å². The van der Waals surface area contributed by atoms with Gasteiger partial charge in [0.15, 0.2) is 0 Å². The Morgan fingerprint density at radius 2 is 2.06 bits per heavy atom. The Labute approximate surface area is 112 Å². The molecular weight excluding hydrogens is 246 g/mol. The number of nitrogens with one attached hydrogen (secondary N) is 2. The predicted molar refractivity (Wildman–Crippen MR) is 73.8 cm³/mol. The van der Waals surface area contributed by atoms with Crippen molar-refractivity contribution in [3.8, 4) is 0 Å². The van der Waals surface area contributed by atoms with Gasteiger partial charge in [-0.15, -0.1) is 11.3 Å². The van der Waals surface area contributed by atoms with E-state index >= 15 is 0 Å². The van der Waals surface area contributed by atoms with Crippen LogP contribution in [0.25, 0.3) is 0 Å². The number of hydrogen-bond acceptors (Lipinski definition) is 3. The number of nitrogens with zero attached hydrogens (tertiary/aromatic N) is 1. The fourth-order valence-corrected chi connectivity index (χ4v) is 3.13. The summed E-state index contributed by atoms with van der Waals surface area (Å²) in [5.41, 5.74) is 1.06. The highest BCUT2D eigenvalue weighted by molar-refractivity contribution is 7.11. The van der Waals surface area contributed by atoms with E-state index in [0.29, 0.717) is 12.6 Å². The highest BCUT2D eigenvalue weighted by atomic mass is 32.1. The molecule has 0 bridgehead atoms. The van der Waals surface area contributed by atoms with E-state index < -0.39 is 0 Å². The Kier molecular flexibility index (Phi) is 4.58. The summed E-state index contributed by atoms with van der Waals surface area (Å²) in [5.74, 6) is 0. The van der Waals surface area contributed by atoms with E-state index in [-0.39, 0.29) is 6.03 Å². The van der Waals surface area contributed by atoms with Crippen molar-refractivity contribution < 1.29 is 4.79 Å². The zero-order chi connectivity index (χ0) is 13.0. The minimum atomic E-state index is -0.0626. The number of amides is 2. The highest BCUT2D eigenvalue weighted by Crippen LogP contribution is 2.17. The maximum atomic E-state index is 11.7. The van der Waals surface area contributed by atoms with Crippen molar-refractivity contribution in [2.45, 2.75) is 58.5 Å². The fraction of sp³-hybridized carbons (Fsp3) is 0.692. The maximum Gasteiger partial charge on any atom is 0.315 e. The first-order valence-corrected chi connectivity index (χ1v) is 7.44. The molecule has 1 saturated carbocycles. The molecule has 0 aliphatic heterocycles. The Morgan fingerprint density at radius 3 is 2.67 bits per heavy atom. The lowest BCUT2D eigenvalue weighted by Gasteiger charge is -2.22. The van der Waals surface area contributed by atoms with Crippen molar-refractivity contribution in [2.24, 2.45) is 0 Å². The molecule has 2 rings (SSSR count). The predicted octanol–water partition coefficient (Wildman–Crippen LogP) is 2.89. The van der Waals surface area contributed by atoms with Crippen molar-refractivity contribution in [1.29, 1.82) is 0 Å². The summed E-state index contributed by atoms with van der Waals surface area (Å²) >= 11 is 1.65. The van der Waals surface area contributed by atoms with E-state index in [4.69, 9.17) is 0 Å². The topological polar surface area (TPSA) is 54.0 Å². The van der Waals surface area contributed by atoms with Gasteiger partial charge in [0.05, 0.1) is 12.2 Å². The molecule has 0 radical (unpaired) electrons. The largest absolute Gasteiger partial charge is 0.335 e. The van der Waals surface area contributed by atoms with Gasteiger partial charge in [-0.1, -0.05) is 19.3 Å². The molecule has 100 valence electrons. The number of carbonyl (C=O) groups is 1. The van der Waals surface area contributed by atoms with E-state index in [9.17, 15) is 4.79 Å². The third-order valence-electron chi connectivity index (χ3n) is 3.41. The monoisotopic (exact) mass is 267 g/mol. The van der Waals surface area contributed by atoms with Gasteiger partial charge in [0.1, 0.15) is 5.01 Å². The lowest BCUT2D eigenvalue weighted by molar-refractivity contribution is 0.232. The van der Waals surface area contributed by atoms with Crippen molar-refractivity contribution >= 4 is 17.4 Å². The SMILES string of the molecule is Cc1nc(CNC(=O)NC2CCCCC2)sc1C. The first kappa shape index (κ1) is 13.3. The number of aromatic nitrogens is 1. The number of thiazole rings is 1. The molecule has 0 unspecified atom stereocenters. The molecule has 0 saturated heterocycles. The molecule has 18 heavy (non-hydrogen) atoms. The zero-order valence-electron chi connectivity index (χ0n) is 11.1. The van der Waals surface area contributed by atoms with Gasteiger partial charge in [-0.05, 0) is 26.7 Å². The van der Waals surface area contributed by atoms with Crippen LogP contribution in [0.4, 0.5) is 4.79 Å². The van der Waals surface area contributed by atoms with E-state index in [2.05, 4.69) is 22.5 Å². The third-order valence-corrected chi connectivity index (χ3v) is 4.49. The zero-order valence-corrected chi connectivity index (χ0v) is 11.9. The average Bonchev–Trinajstić information content (AvgIpc) is 2.68. The minimum Gasteiger partial charge on any atom is -0.335 e. The smallest absolute Gasteiger partial charge is 0.315 e. The molecule has 0 atom stereocenters. The van der Waals surface area contributed by atoms with Gasteiger partial charge < -0.3 is 10.6 Å². The summed E-state index contributed by atoms with van der Waals surface area (Å²) in [4.78, 5) is 17.4. The molecule has 2 N–H and O–H groups in total. The van der Waals surface area contributed by atoms with Gasteiger partial charge in [0.25, 0.3) is 0 Å².